The molecular formula is C20H21N3O. The molecule has 24 heavy (non-hydrogen) atoms. The fraction of sp³-hybridized carbons (Fsp3) is 0.300. The average molecular weight is 319 g/mol. The second kappa shape index (κ2) is 5.78. The second-order valence-electron chi connectivity index (χ2n) is 6.67. The summed E-state index contributed by atoms with van der Waals surface area (Å²) < 4.78 is 2.25. The van der Waals surface area contributed by atoms with Crippen LogP contribution in [0.25, 0.3) is 11.0 Å². The largest absolute Gasteiger partial charge is 0.328 e. The fourth-order valence-corrected chi connectivity index (χ4v) is 3.47. The number of rotatable bonds is 2. The van der Waals surface area contributed by atoms with Gasteiger partial charge < -0.3 is 9.88 Å². The lowest BCUT2D eigenvalue weighted by Gasteiger charge is -2.23. The van der Waals surface area contributed by atoms with E-state index in [1.54, 1.807) is 0 Å². The Morgan fingerprint density at radius 1 is 1.21 bits per heavy atom. The molecule has 1 aliphatic heterocycles. The van der Waals surface area contributed by atoms with Crippen LogP contribution in [-0.2, 0) is 17.8 Å². The van der Waals surface area contributed by atoms with E-state index in [9.17, 15) is 4.79 Å². The zero-order chi connectivity index (χ0) is 16.7. The van der Waals surface area contributed by atoms with Crippen LogP contribution >= 0.6 is 0 Å². The van der Waals surface area contributed by atoms with Gasteiger partial charge in [-0.2, -0.15) is 0 Å². The minimum absolute atomic E-state index is 0.0192. The summed E-state index contributed by atoms with van der Waals surface area (Å²) in [5, 5.41) is 3.11. The topological polar surface area (TPSA) is 46.9 Å². The van der Waals surface area contributed by atoms with Crippen molar-refractivity contribution in [1.82, 2.24) is 9.55 Å². The molecule has 3 aromatic rings. The van der Waals surface area contributed by atoms with Gasteiger partial charge in [-0.3, -0.25) is 4.79 Å². The van der Waals surface area contributed by atoms with Crippen molar-refractivity contribution in [2.24, 2.45) is 5.92 Å². The molecule has 0 saturated carbocycles. The van der Waals surface area contributed by atoms with E-state index in [0.29, 0.717) is 6.42 Å². The number of aromatic nitrogens is 2. The Labute approximate surface area is 141 Å². The predicted octanol–water partition coefficient (Wildman–Crippen LogP) is 3.85. The molecular weight excluding hydrogens is 298 g/mol. The van der Waals surface area contributed by atoms with Crippen molar-refractivity contribution in [3.8, 4) is 0 Å². The Morgan fingerprint density at radius 3 is 2.92 bits per heavy atom. The van der Waals surface area contributed by atoms with E-state index < -0.39 is 0 Å². The first-order chi connectivity index (χ1) is 11.6. The number of amides is 1. The summed E-state index contributed by atoms with van der Waals surface area (Å²) in [5.41, 5.74) is 5.35. The zero-order valence-corrected chi connectivity index (χ0v) is 14.0. The van der Waals surface area contributed by atoms with Crippen LogP contribution in [0.1, 0.15) is 23.4 Å². The Kier molecular flexibility index (Phi) is 3.60. The van der Waals surface area contributed by atoms with Gasteiger partial charge in [0.05, 0.1) is 11.0 Å². The molecule has 1 aromatic heterocycles. The first kappa shape index (κ1) is 14.9. The summed E-state index contributed by atoms with van der Waals surface area (Å²) in [7, 11) is 0. The summed E-state index contributed by atoms with van der Waals surface area (Å²) in [5.74, 6) is 1.10. The number of anilines is 1. The molecule has 0 radical (unpaired) electrons. The van der Waals surface area contributed by atoms with Crippen molar-refractivity contribution in [2.75, 3.05) is 5.32 Å². The number of fused-ring (bicyclic) bond motifs is 3. The van der Waals surface area contributed by atoms with Crippen LogP contribution in [0.3, 0.4) is 0 Å². The lowest BCUT2D eigenvalue weighted by atomic mass is 9.96. The van der Waals surface area contributed by atoms with Gasteiger partial charge in [-0.05, 0) is 49.6 Å². The third kappa shape index (κ3) is 2.58. The maximum atomic E-state index is 12.7. The number of carbonyl (C=O) groups excluding carboxylic acids is 1. The van der Waals surface area contributed by atoms with Crippen LogP contribution < -0.4 is 5.32 Å². The highest BCUT2D eigenvalue weighted by atomic mass is 16.1. The van der Waals surface area contributed by atoms with E-state index in [1.165, 1.54) is 5.52 Å². The summed E-state index contributed by atoms with van der Waals surface area (Å²) in [6, 6.07) is 14.3. The van der Waals surface area contributed by atoms with Crippen molar-refractivity contribution in [2.45, 2.75) is 33.2 Å². The predicted molar refractivity (Wildman–Crippen MR) is 96.1 cm³/mol. The monoisotopic (exact) mass is 319 g/mol. The van der Waals surface area contributed by atoms with Gasteiger partial charge >= 0.3 is 0 Å². The molecule has 1 unspecified atom stereocenters. The van der Waals surface area contributed by atoms with E-state index in [4.69, 9.17) is 4.98 Å². The van der Waals surface area contributed by atoms with Gasteiger partial charge in [-0.15, -0.1) is 0 Å². The normalized spacial score (nSPS) is 16.8. The highest BCUT2D eigenvalue weighted by Crippen LogP contribution is 2.27. The number of para-hydroxylation sites is 2. The Morgan fingerprint density at radius 2 is 2.04 bits per heavy atom. The maximum Gasteiger partial charge on any atom is 0.228 e. The molecule has 4 nitrogen and oxygen atoms in total. The first-order valence-electron chi connectivity index (χ1n) is 8.44. The molecule has 4 rings (SSSR count). The van der Waals surface area contributed by atoms with Crippen molar-refractivity contribution >= 4 is 22.6 Å². The number of carbonyl (C=O) groups is 1. The molecule has 2 heterocycles. The number of benzene rings is 2. The summed E-state index contributed by atoms with van der Waals surface area (Å²) in [6.45, 7) is 4.91. The van der Waals surface area contributed by atoms with Crippen LogP contribution in [0.4, 0.5) is 5.69 Å². The van der Waals surface area contributed by atoms with E-state index >= 15 is 0 Å². The molecule has 122 valence electrons. The summed E-state index contributed by atoms with van der Waals surface area (Å²) in [6.07, 6.45) is 1.55. The van der Waals surface area contributed by atoms with E-state index in [2.05, 4.69) is 22.0 Å². The van der Waals surface area contributed by atoms with Gasteiger partial charge in [-0.25, -0.2) is 4.98 Å². The standard InChI is InChI=1S/C20H21N3O/c1-13-7-8-14(2)17(11-13)22-20(24)15-9-10-23-18-6-4-3-5-16(18)21-19(23)12-15/h3-8,11,15H,9-10,12H2,1-2H3,(H,22,24). The molecule has 1 amide bonds. The van der Waals surface area contributed by atoms with Crippen molar-refractivity contribution < 1.29 is 4.79 Å². The highest BCUT2D eigenvalue weighted by Gasteiger charge is 2.27. The quantitative estimate of drug-likeness (QED) is 0.780. The Bertz CT molecular complexity index is 926. The molecule has 1 atom stereocenters. The fourth-order valence-electron chi connectivity index (χ4n) is 3.47. The summed E-state index contributed by atoms with van der Waals surface area (Å²) >= 11 is 0. The number of hydrogen-bond donors (Lipinski definition) is 1. The van der Waals surface area contributed by atoms with Gasteiger partial charge in [0, 0.05) is 24.6 Å². The van der Waals surface area contributed by atoms with E-state index in [-0.39, 0.29) is 11.8 Å². The third-order valence-electron chi connectivity index (χ3n) is 4.89. The van der Waals surface area contributed by atoms with Crippen LogP contribution in [0.15, 0.2) is 42.5 Å². The molecule has 1 aliphatic rings. The van der Waals surface area contributed by atoms with E-state index in [0.717, 1.165) is 41.1 Å². The van der Waals surface area contributed by atoms with Crippen LogP contribution in [0.2, 0.25) is 0 Å². The molecule has 0 spiro atoms. The minimum Gasteiger partial charge on any atom is -0.328 e. The van der Waals surface area contributed by atoms with Gasteiger partial charge in [0.15, 0.2) is 0 Å². The number of aryl methyl sites for hydroxylation is 3. The molecule has 4 heteroatoms. The third-order valence-corrected chi connectivity index (χ3v) is 4.89. The van der Waals surface area contributed by atoms with Crippen LogP contribution in [0, 0.1) is 19.8 Å². The molecule has 2 aromatic carbocycles. The van der Waals surface area contributed by atoms with Gasteiger partial charge in [0.2, 0.25) is 5.91 Å². The molecule has 0 saturated heterocycles. The van der Waals surface area contributed by atoms with E-state index in [1.807, 2.05) is 44.2 Å². The second-order valence-corrected chi connectivity index (χ2v) is 6.67. The number of nitrogens with one attached hydrogen (secondary N) is 1. The zero-order valence-electron chi connectivity index (χ0n) is 14.0. The number of hydrogen-bond acceptors (Lipinski definition) is 2. The van der Waals surface area contributed by atoms with Gasteiger partial charge in [0.1, 0.15) is 5.82 Å². The van der Waals surface area contributed by atoms with Gasteiger partial charge in [-0.1, -0.05) is 24.3 Å². The maximum absolute atomic E-state index is 12.7. The number of nitrogens with zero attached hydrogens (tertiary/aromatic N) is 2. The van der Waals surface area contributed by atoms with Crippen molar-refractivity contribution in [3.63, 3.8) is 0 Å². The molecule has 0 aliphatic carbocycles. The van der Waals surface area contributed by atoms with Crippen LogP contribution in [0.5, 0.6) is 0 Å². The van der Waals surface area contributed by atoms with Gasteiger partial charge in [0.25, 0.3) is 0 Å². The SMILES string of the molecule is Cc1ccc(C)c(NC(=O)C2CCn3c(nc4ccccc43)C2)c1. The lowest BCUT2D eigenvalue weighted by molar-refractivity contribution is -0.120. The average Bonchev–Trinajstić information content (AvgIpc) is 2.95. The Balaban J connectivity index is 1.56. The molecule has 1 N–H and O–H groups in total. The molecule has 0 fully saturated rings. The summed E-state index contributed by atoms with van der Waals surface area (Å²) in [4.78, 5) is 17.4. The smallest absolute Gasteiger partial charge is 0.228 e. The Hall–Kier alpha value is -2.62. The number of imidazole rings is 1. The van der Waals surface area contributed by atoms with Crippen molar-refractivity contribution in [3.05, 3.63) is 59.4 Å². The lowest BCUT2D eigenvalue weighted by Crippen LogP contribution is -2.30. The van der Waals surface area contributed by atoms with Crippen LogP contribution in [-0.4, -0.2) is 15.5 Å². The highest BCUT2D eigenvalue weighted by molar-refractivity contribution is 5.93. The first-order valence-corrected chi connectivity index (χ1v) is 8.44. The molecule has 0 bridgehead atoms. The van der Waals surface area contributed by atoms with Crippen molar-refractivity contribution in [1.29, 1.82) is 0 Å². The minimum atomic E-state index is -0.0192.